The summed E-state index contributed by atoms with van der Waals surface area (Å²) in [4.78, 5) is 25.1. The molecular weight excluding hydrogens is 354 g/mol. The van der Waals surface area contributed by atoms with Gasteiger partial charge in [-0.3, -0.25) is 9.59 Å². The van der Waals surface area contributed by atoms with E-state index in [9.17, 15) is 14.9 Å². The van der Waals surface area contributed by atoms with Gasteiger partial charge in [-0.2, -0.15) is 10.4 Å². The lowest BCUT2D eigenvalue weighted by molar-refractivity contribution is -0.144. The van der Waals surface area contributed by atoms with Crippen molar-refractivity contribution in [2.75, 3.05) is 6.61 Å². The fraction of sp³-hybridized carbons (Fsp3) is 0.182. The summed E-state index contributed by atoms with van der Waals surface area (Å²) in [6.45, 7) is 1.74. The molecule has 138 valence electrons. The van der Waals surface area contributed by atoms with Crippen molar-refractivity contribution in [3.05, 3.63) is 71.4 Å². The van der Waals surface area contributed by atoms with Crippen molar-refractivity contribution in [3.8, 4) is 23.0 Å². The van der Waals surface area contributed by atoms with Crippen LogP contribution in [0.5, 0.6) is 0 Å². The molecule has 0 bridgehead atoms. The summed E-state index contributed by atoms with van der Waals surface area (Å²) in [7, 11) is 0. The number of fused-ring (bicyclic) bond motifs is 3. The highest BCUT2D eigenvalue weighted by molar-refractivity contribution is 6.11. The van der Waals surface area contributed by atoms with Gasteiger partial charge in [0.2, 0.25) is 11.7 Å². The maximum atomic E-state index is 13.0. The number of hydrogen-bond donors (Lipinski definition) is 0. The van der Waals surface area contributed by atoms with Crippen LogP contribution < -0.4 is 0 Å². The smallest absolute Gasteiger partial charge is 0.331 e. The number of para-hydroxylation sites is 1. The molecule has 0 amide bonds. The molecule has 4 rings (SSSR count). The number of aromatic nitrogens is 2. The normalized spacial score (nSPS) is 12.6. The van der Waals surface area contributed by atoms with Crippen LogP contribution in [-0.4, -0.2) is 28.1 Å². The molecule has 0 radical (unpaired) electrons. The van der Waals surface area contributed by atoms with E-state index >= 15 is 0 Å². The van der Waals surface area contributed by atoms with Gasteiger partial charge in [0.1, 0.15) is 5.69 Å². The lowest BCUT2D eigenvalue weighted by Crippen LogP contribution is -2.26. The summed E-state index contributed by atoms with van der Waals surface area (Å²) >= 11 is 0. The zero-order valence-corrected chi connectivity index (χ0v) is 15.3. The minimum atomic E-state index is -1.52. The molecule has 6 heteroatoms. The van der Waals surface area contributed by atoms with E-state index in [1.165, 1.54) is 0 Å². The molecule has 6 nitrogen and oxygen atoms in total. The minimum Gasteiger partial charge on any atom is -0.465 e. The standard InChI is InChI=1S/C22H17N3O3/c1-2-28-22(27)18(13-23)21(26)19-17-12-14-8-6-7-11-16(14)20(17)25(24-19)15-9-4-3-5-10-15/h3-11,18H,2,12H2,1H3. The number of benzene rings is 2. The van der Waals surface area contributed by atoms with Crippen molar-refractivity contribution >= 4 is 11.8 Å². The van der Waals surface area contributed by atoms with Gasteiger partial charge in [-0.25, -0.2) is 4.68 Å². The van der Waals surface area contributed by atoms with Crippen LogP contribution in [0.2, 0.25) is 0 Å². The molecule has 0 spiro atoms. The van der Waals surface area contributed by atoms with Crippen LogP contribution in [0.15, 0.2) is 54.6 Å². The summed E-state index contributed by atoms with van der Waals surface area (Å²) in [6.07, 6.45) is 0.528. The van der Waals surface area contributed by atoms with Crippen molar-refractivity contribution in [2.45, 2.75) is 13.3 Å². The van der Waals surface area contributed by atoms with Crippen LogP contribution in [0.4, 0.5) is 0 Å². The van der Waals surface area contributed by atoms with Crippen molar-refractivity contribution < 1.29 is 14.3 Å². The summed E-state index contributed by atoms with van der Waals surface area (Å²) < 4.78 is 6.61. The molecule has 1 heterocycles. The molecule has 0 saturated heterocycles. The fourth-order valence-corrected chi connectivity index (χ4v) is 3.53. The van der Waals surface area contributed by atoms with Crippen molar-refractivity contribution in [1.82, 2.24) is 9.78 Å². The Hall–Kier alpha value is -3.72. The zero-order valence-electron chi connectivity index (χ0n) is 15.3. The average molecular weight is 371 g/mol. The quantitative estimate of drug-likeness (QED) is 0.305. The van der Waals surface area contributed by atoms with Crippen LogP contribution in [0, 0.1) is 17.2 Å². The maximum Gasteiger partial charge on any atom is 0.331 e. The maximum absolute atomic E-state index is 13.0. The van der Waals surface area contributed by atoms with E-state index in [4.69, 9.17) is 4.74 Å². The van der Waals surface area contributed by atoms with Crippen molar-refractivity contribution in [2.24, 2.45) is 5.92 Å². The third-order valence-corrected chi connectivity index (χ3v) is 4.77. The summed E-state index contributed by atoms with van der Waals surface area (Å²) in [5, 5.41) is 13.9. The number of rotatable bonds is 5. The van der Waals surface area contributed by atoms with Crippen molar-refractivity contribution in [3.63, 3.8) is 0 Å². The highest BCUT2D eigenvalue weighted by Gasteiger charge is 2.37. The largest absolute Gasteiger partial charge is 0.465 e. The highest BCUT2D eigenvalue weighted by Crippen LogP contribution is 2.40. The van der Waals surface area contributed by atoms with E-state index in [0.717, 1.165) is 28.1 Å². The van der Waals surface area contributed by atoms with Crippen LogP contribution in [0.3, 0.4) is 0 Å². The molecule has 0 N–H and O–H groups in total. The molecule has 3 aromatic rings. The lowest BCUT2D eigenvalue weighted by Gasteiger charge is -2.08. The van der Waals surface area contributed by atoms with Gasteiger partial charge in [-0.05, 0) is 24.6 Å². The van der Waals surface area contributed by atoms with Gasteiger partial charge in [0.25, 0.3) is 0 Å². The monoisotopic (exact) mass is 371 g/mol. The second-order valence-electron chi connectivity index (χ2n) is 6.44. The Labute approximate surface area is 162 Å². The van der Waals surface area contributed by atoms with Gasteiger partial charge >= 0.3 is 5.97 Å². The predicted octanol–water partition coefficient (Wildman–Crippen LogP) is 3.33. The second kappa shape index (κ2) is 7.12. The molecule has 28 heavy (non-hydrogen) atoms. The third kappa shape index (κ3) is 2.78. The first-order valence-electron chi connectivity index (χ1n) is 9.01. The predicted molar refractivity (Wildman–Crippen MR) is 102 cm³/mol. The molecular formula is C22H17N3O3. The first-order valence-corrected chi connectivity index (χ1v) is 9.01. The number of esters is 1. The van der Waals surface area contributed by atoms with E-state index in [1.54, 1.807) is 17.7 Å². The van der Waals surface area contributed by atoms with Gasteiger partial charge in [0, 0.05) is 17.5 Å². The zero-order chi connectivity index (χ0) is 19.7. The molecule has 1 aliphatic rings. The van der Waals surface area contributed by atoms with E-state index in [-0.39, 0.29) is 12.3 Å². The molecule has 1 atom stereocenters. The lowest BCUT2D eigenvalue weighted by atomic mass is 9.99. The second-order valence-corrected chi connectivity index (χ2v) is 6.44. The number of Topliss-reactive ketones (excluding diaryl/α,β-unsaturated/α-hetero) is 1. The number of carbonyl (C=O) groups is 2. The van der Waals surface area contributed by atoms with E-state index in [0.29, 0.717) is 6.42 Å². The topological polar surface area (TPSA) is 85.0 Å². The Bertz CT molecular complexity index is 1110. The first-order chi connectivity index (χ1) is 13.7. The first kappa shape index (κ1) is 17.7. The van der Waals surface area contributed by atoms with Gasteiger partial charge < -0.3 is 4.74 Å². The SMILES string of the molecule is CCOC(=O)C(C#N)C(=O)c1nn(-c2ccccc2)c2c1Cc1ccccc1-2. The molecule has 0 aliphatic heterocycles. The number of ether oxygens (including phenoxy) is 1. The molecule has 0 fully saturated rings. The van der Waals surface area contributed by atoms with E-state index in [2.05, 4.69) is 5.10 Å². The highest BCUT2D eigenvalue weighted by atomic mass is 16.5. The molecule has 1 aliphatic carbocycles. The van der Waals surface area contributed by atoms with Gasteiger partial charge in [0.15, 0.2) is 0 Å². The number of hydrogen-bond acceptors (Lipinski definition) is 5. The Morgan fingerprint density at radius 2 is 1.89 bits per heavy atom. The third-order valence-electron chi connectivity index (χ3n) is 4.77. The Morgan fingerprint density at radius 1 is 1.18 bits per heavy atom. The number of carbonyl (C=O) groups excluding carboxylic acids is 2. The van der Waals surface area contributed by atoms with Crippen LogP contribution in [-0.2, 0) is 16.0 Å². The Kier molecular flexibility index (Phi) is 4.50. The number of nitriles is 1. The van der Waals surface area contributed by atoms with Crippen LogP contribution in [0.1, 0.15) is 28.5 Å². The number of nitrogens with zero attached hydrogens (tertiary/aromatic N) is 3. The van der Waals surface area contributed by atoms with Crippen molar-refractivity contribution in [1.29, 1.82) is 5.26 Å². The number of ketones is 1. The molecule has 0 saturated carbocycles. The van der Waals surface area contributed by atoms with E-state index < -0.39 is 17.7 Å². The molecule has 1 unspecified atom stereocenters. The molecule has 2 aromatic carbocycles. The molecule has 1 aromatic heterocycles. The summed E-state index contributed by atoms with van der Waals surface area (Å²) in [5.74, 6) is -2.99. The van der Waals surface area contributed by atoms with E-state index in [1.807, 2.05) is 54.6 Å². The van der Waals surface area contributed by atoms with Crippen LogP contribution in [0.25, 0.3) is 16.9 Å². The fourth-order valence-electron chi connectivity index (χ4n) is 3.53. The van der Waals surface area contributed by atoms with Gasteiger partial charge in [-0.15, -0.1) is 0 Å². The Morgan fingerprint density at radius 3 is 2.61 bits per heavy atom. The summed E-state index contributed by atoms with van der Waals surface area (Å²) in [6, 6.07) is 19.1. The average Bonchev–Trinajstić information content (AvgIpc) is 3.26. The Balaban J connectivity index is 1.87. The summed E-state index contributed by atoms with van der Waals surface area (Å²) in [5.41, 5.74) is 4.59. The minimum absolute atomic E-state index is 0.103. The van der Waals surface area contributed by atoms with Crippen LogP contribution >= 0.6 is 0 Å². The van der Waals surface area contributed by atoms with Gasteiger partial charge in [-0.1, -0.05) is 42.5 Å². The van der Waals surface area contributed by atoms with Gasteiger partial charge in [0.05, 0.1) is 24.1 Å².